The van der Waals surface area contributed by atoms with Crippen molar-refractivity contribution in [3.05, 3.63) is 59.7 Å². The first-order valence-electron chi connectivity index (χ1n) is 6.70. The monoisotopic (exact) mass is 288 g/mol. The summed E-state index contributed by atoms with van der Waals surface area (Å²) in [4.78, 5) is 15.8. The summed E-state index contributed by atoms with van der Waals surface area (Å²) < 4.78 is 18.9. The van der Waals surface area contributed by atoms with Gasteiger partial charge in [-0.2, -0.15) is 0 Å². The van der Waals surface area contributed by atoms with Crippen LogP contribution in [0.5, 0.6) is 5.75 Å². The van der Waals surface area contributed by atoms with Gasteiger partial charge in [0.15, 0.2) is 5.82 Å². The minimum atomic E-state index is -0.634. The van der Waals surface area contributed by atoms with Gasteiger partial charge in [-0.3, -0.25) is 9.78 Å². The number of ether oxygens (including phenoxy) is 1. The molecule has 5 heteroatoms. The van der Waals surface area contributed by atoms with Crippen LogP contribution in [0.4, 0.5) is 4.39 Å². The maximum absolute atomic E-state index is 13.6. The summed E-state index contributed by atoms with van der Waals surface area (Å²) in [6, 6.07) is 8.56. The number of amides is 1. The fraction of sp³-hybridized carbons (Fsp3) is 0.250. The Morgan fingerprint density at radius 3 is 2.81 bits per heavy atom. The predicted molar refractivity (Wildman–Crippen MR) is 77.7 cm³/mol. The van der Waals surface area contributed by atoms with E-state index in [0.29, 0.717) is 12.2 Å². The normalized spacial score (nSPS) is 11.8. The van der Waals surface area contributed by atoms with E-state index in [0.717, 1.165) is 11.8 Å². The molecule has 21 heavy (non-hydrogen) atoms. The van der Waals surface area contributed by atoms with Gasteiger partial charge in [0.05, 0.1) is 24.9 Å². The second kappa shape index (κ2) is 6.83. The first kappa shape index (κ1) is 15.0. The van der Waals surface area contributed by atoms with Gasteiger partial charge >= 0.3 is 0 Å². The molecule has 1 aromatic heterocycles. The zero-order chi connectivity index (χ0) is 15.2. The molecule has 0 radical (unpaired) electrons. The van der Waals surface area contributed by atoms with E-state index < -0.39 is 11.7 Å². The summed E-state index contributed by atoms with van der Waals surface area (Å²) in [5, 5.41) is 2.83. The highest BCUT2D eigenvalue weighted by molar-refractivity contribution is 5.94. The second-order valence-corrected chi connectivity index (χ2v) is 4.53. The molecule has 2 rings (SSSR count). The van der Waals surface area contributed by atoms with E-state index in [4.69, 9.17) is 4.74 Å². The molecular weight excluding hydrogens is 271 g/mol. The van der Waals surface area contributed by atoms with Crippen molar-refractivity contribution in [1.82, 2.24) is 10.3 Å². The van der Waals surface area contributed by atoms with Crippen LogP contribution >= 0.6 is 0 Å². The summed E-state index contributed by atoms with van der Waals surface area (Å²) in [5.41, 5.74) is 0.851. The second-order valence-electron chi connectivity index (χ2n) is 4.53. The Bertz CT molecular complexity index is 631. The number of para-hydroxylation sites is 1. The lowest BCUT2D eigenvalue weighted by Gasteiger charge is -2.20. The Kier molecular flexibility index (Phi) is 4.87. The third-order valence-corrected chi connectivity index (χ3v) is 3.24. The molecule has 0 aliphatic heterocycles. The fourth-order valence-electron chi connectivity index (χ4n) is 2.15. The fourth-order valence-corrected chi connectivity index (χ4v) is 2.15. The Hall–Kier alpha value is -2.43. The van der Waals surface area contributed by atoms with Crippen LogP contribution in [0.3, 0.4) is 0 Å². The topological polar surface area (TPSA) is 51.2 Å². The summed E-state index contributed by atoms with van der Waals surface area (Å²) in [6.07, 6.45) is 3.08. The summed E-state index contributed by atoms with van der Waals surface area (Å²) >= 11 is 0. The zero-order valence-corrected chi connectivity index (χ0v) is 12.0. The van der Waals surface area contributed by atoms with Crippen molar-refractivity contribution in [2.75, 3.05) is 7.11 Å². The van der Waals surface area contributed by atoms with Gasteiger partial charge in [-0.15, -0.1) is 0 Å². The first-order chi connectivity index (χ1) is 10.2. The Balaban J connectivity index is 2.23. The molecule has 0 aliphatic rings. The first-order valence-corrected chi connectivity index (χ1v) is 6.70. The van der Waals surface area contributed by atoms with Crippen molar-refractivity contribution in [3.8, 4) is 5.75 Å². The van der Waals surface area contributed by atoms with Crippen molar-refractivity contribution in [3.63, 3.8) is 0 Å². The lowest BCUT2D eigenvalue weighted by Crippen LogP contribution is -2.29. The number of aromatic nitrogens is 1. The predicted octanol–water partition coefficient (Wildman–Crippen LogP) is 3.11. The largest absolute Gasteiger partial charge is 0.496 e. The molecule has 0 fully saturated rings. The van der Waals surface area contributed by atoms with E-state index >= 15 is 0 Å². The Labute approximate surface area is 123 Å². The van der Waals surface area contributed by atoms with Crippen molar-refractivity contribution < 1.29 is 13.9 Å². The van der Waals surface area contributed by atoms with E-state index in [1.165, 1.54) is 12.3 Å². The molecule has 0 saturated carbocycles. The summed E-state index contributed by atoms with van der Waals surface area (Å²) in [5.74, 6) is -0.405. The van der Waals surface area contributed by atoms with E-state index in [-0.39, 0.29) is 11.6 Å². The van der Waals surface area contributed by atoms with Crippen LogP contribution in [0, 0.1) is 5.82 Å². The number of benzene rings is 1. The molecule has 1 N–H and O–H groups in total. The molecule has 0 bridgehead atoms. The van der Waals surface area contributed by atoms with Crippen LogP contribution in [0.15, 0.2) is 42.7 Å². The SMILES string of the molecule is CCC(NC(=O)c1ccncc1F)c1ccccc1OC. The maximum atomic E-state index is 13.6. The number of hydrogen-bond acceptors (Lipinski definition) is 3. The number of halogens is 1. The van der Waals surface area contributed by atoms with Crippen molar-refractivity contribution in [2.24, 2.45) is 0 Å². The standard InChI is InChI=1S/C16H17FN2O2/c1-3-14(12-6-4-5-7-15(12)21-2)19-16(20)11-8-9-18-10-13(11)17/h4-10,14H,3H2,1-2H3,(H,19,20). The average Bonchev–Trinajstić information content (AvgIpc) is 2.52. The van der Waals surface area contributed by atoms with Gasteiger partial charge in [0.25, 0.3) is 5.91 Å². The zero-order valence-electron chi connectivity index (χ0n) is 12.0. The third-order valence-electron chi connectivity index (χ3n) is 3.24. The van der Waals surface area contributed by atoms with Crippen LogP contribution in [-0.4, -0.2) is 18.0 Å². The van der Waals surface area contributed by atoms with Crippen LogP contribution in [0.2, 0.25) is 0 Å². The maximum Gasteiger partial charge on any atom is 0.254 e. The highest BCUT2D eigenvalue weighted by Gasteiger charge is 2.19. The number of nitrogens with zero attached hydrogens (tertiary/aromatic N) is 1. The van der Waals surface area contributed by atoms with Crippen molar-refractivity contribution >= 4 is 5.91 Å². The molecular formula is C16H17FN2O2. The van der Waals surface area contributed by atoms with Crippen molar-refractivity contribution in [2.45, 2.75) is 19.4 Å². The van der Waals surface area contributed by atoms with Gasteiger partial charge in [0, 0.05) is 11.8 Å². The quantitative estimate of drug-likeness (QED) is 0.919. The number of rotatable bonds is 5. The number of carbonyl (C=O) groups excluding carboxylic acids is 1. The lowest BCUT2D eigenvalue weighted by atomic mass is 10.0. The van der Waals surface area contributed by atoms with E-state index in [1.807, 2.05) is 31.2 Å². The third kappa shape index (κ3) is 3.37. The molecule has 1 amide bonds. The van der Waals surface area contributed by atoms with Gasteiger partial charge in [-0.05, 0) is 18.6 Å². The van der Waals surface area contributed by atoms with Crippen LogP contribution < -0.4 is 10.1 Å². The smallest absolute Gasteiger partial charge is 0.254 e. The molecule has 0 spiro atoms. The minimum Gasteiger partial charge on any atom is -0.496 e. The molecule has 110 valence electrons. The number of hydrogen-bond donors (Lipinski definition) is 1. The van der Waals surface area contributed by atoms with Gasteiger partial charge in [0.1, 0.15) is 5.75 Å². The number of nitrogens with one attached hydrogen (secondary N) is 1. The summed E-state index contributed by atoms with van der Waals surface area (Å²) in [7, 11) is 1.58. The molecule has 0 aliphatic carbocycles. The highest BCUT2D eigenvalue weighted by Crippen LogP contribution is 2.27. The molecule has 0 saturated heterocycles. The molecule has 2 aromatic rings. The molecule has 1 aromatic carbocycles. The number of pyridine rings is 1. The lowest BCUT2D eigenvalue weighted by molar-refractivity contribution is 0.0931. The number of carbonyl (C=O) groups is 1. The molecule has 4 nitrogen and oxygen atoms in total. The molecule has 1 unspecified atom stereocenters. The van der Waals surface area contributed by atoms with E-state index in [9.17, 15) is 9.18 Å². The van der Waals surface area contributed by atoms with Gasteiger partial charge in [-0.25, -0.2) is 4.39 Å². The van der Waals surface area contributed by atoms with E-state index in [1.54, 1.807) is 7.11 Å². The Morgan fingerprint density at radius 1 is 1.38 bits per heavy atom. The van der Waals surface area contributed by atoms with Gasteiger partial charge in [-0.1, -0.05) is 25.1 Å². The average molecular weight is 288 g/mol. The molecule has 1 atom stereocenters. The van der Waals surface area contributed by atoms with Gasteiger partial charge < -0.3 is 10.1 Å². The van der Waals surface area contributed by atoms with Crippen LogP contribution in [-0.2, 0) is 0 Å². The minimum absolute atomic E-state index is 0.0154. The summed E-state index contributed by atoms with van der Waals surface area (Å²) in [6.45, 7) is 1.94. The molecule has 1 heterocycles. The van der Waals surface area contributed by atoms with E-state index in [2.05, 4.69) is 10.3 Å². The van der Waals surface area contributed by atoms with Gasteiger partial charge in [0.2, 0.25) is 0 Å². The number of methoxy groups -OCH3 is 1. The Morgan fingerprint density at radius 2 is 2.14 bits per heavy atom. The highest BCUT2D eigenvalue weighted by atomic mass is 19.1. The van der Waals surface area contributed by atoms with Crippen molar-refractivity contribution in [1.29, 1.82) is 0 Å². The van der Waals surface area contributed by atoms with Crippen LogP contribution in [0.1, 0.15) is 35.3 Å². The van der Waals surface area contributed by atoms with Crippen LogP contribution in [0.25, 0.3) is 0 Å².